The third-order valence-electron chi connectivity index (χ3n) is 3.39. The van der Waals surface area contributed by atoms with E-state index in [9.17, 15) is 5.11 Å². The van der Waals surface area contributed by atoms with Gasteiger partial charge in [0, 0.05) is 23.8 Å². The van der Waals surface area contributed by atoms with Gasteiger partial charge in [0.15, 0.2) is 0 Å². The molecule has 94 valence electrons. The second kappa shape index (κ2) is 4.57. The van der Waals surface area contributed by atoms with Crippen molar-refractivity contribution < 1.29 is 5.11 Å². The molecule has 1 aromatic rings. The number of fused-ring (bicyclic) bond motifs is 1. The normalized spacial score (nSPS) is 20.8. The minimum absolute atomic E-state index is 0.212. The summed E-state index contributed by atoms with van der Waals surface area (Å²) in [7, 11) is 0. The lowest BCUT2D eigenvalue weighted by atomic mass is 10.0. The average molecular weight is 234 g/mol. The van der Waals surface area contributed by atoms with Gasteiger partial charge in [-0.15, -0.1) is 0 Å². The van der Waals surface area contributed by atoms with E-state index in [4.69, 9.17) is 5.73 Å². The quantitative estimate of drug-likeness (QED) is 0.843. The Bertz CT molecular complexity index is 401. The fraction of sp³-hybridized carbons (Fsp3) is 0.571. The van der Waals surface area contributed by atoms with Crippen molar-refractivity contribution in [2.24, 2.45) is 5.73 Å². The highest BCUT2D eigenvalue weighted by Crippen LogP contribution is 2.37. The minimum Gasteiger partial charge on any atom is -0.508 e. The first-order chi connectivity index (χ1) is 7.99. The van der Waals surface area contributed by atoms with Gasteiger partial charge in [-0.05, 0) is 57.4 Å². The van der Waals surface area contributed by atoms with Gasteiger partial charge in [0.2, 0.25) is 0 Å². The molecule has 0 fully saturated rings. The van der Waals surface area contributed by atoms with Crippen LogP contribution in [0.15, 0.2) is 18.2 Å². The second-order valence-electron chi connectivity index (χ2n) is 5.38. The van der Waals surface area contributed by atoms with Crippen LogP contribution in [0, 0.1) is 0 Å². The fourth-order valence-electron chi connectivity index (χ4n) is 2.86. The van der Waals surface area contributed by atoms with Crippen LogP contribution < -0.4 is 10.6 Å². The highest BCUT2D eigenvalue weighted by Gasteiger charge is 2.31. The van der Waals surface area contributed by atoms with Crippen molar-refractivity contribution in [3.8, 4) is 5.75 Å². The molecule has 3 N–H and O–H groups in total. The summed E-state index contributed by atoms with van der Waals surface area (Å²) in [5, 5.41) is 9.55. The number of rotatable bonds is 3. The van der Waals surface area contributed by atoms with Crippen molar-refractivity contribution in [2.45, 2.75) is 51.7 Å². The first-order valence-electron chi connectivity index (χ1n) is 6.35. The van der Waals surface area contributed by atoms with Crippen LogP contribution in [0.1, 0.15) is 32.8 Å². The van der Waals surface area contributed by atoms with E-state index < -0.39 is 0 Å². The highest BCUT2D eigenvalue weighted by molar-refractivity contribution is 5.62. The van der Waals surface area contributed by atoms with E-state index in [2.05, 4.69) is 25.7 Å². The van der Waals surface area contributed by atoms with Crippen LogP contribution in [0.3, 0.4) is 0 Å². The lowest BCUT2D eigenvalue weighted by Crippen LogP contribution is -2.40. The number of nitrogens with zero attached hydrogens (tertiary/aromatic N) is 1. The van der Waals surface area contributed by atoms with Crippen molar-refractivity contribution >= 4 is 5.69 Å². The maximum absolute atomic E-state index is 9.55. The molecule has 0 saturated carbocycles. The van der Waals surface area contributed by atoms with Crippen molar-refractivity contribution in [3.63, 3.8) is 0 Å². The molecule has 0 saturated heterocycles. The zero-order valence-corrected chi connectivity index (χ0v) is 10.9. The summed E-state index contributed by atoms with van der Waals surface area (Å²) >= 11 is 0. The number of nitrogens with two attached hydrogens (primary N) is 1. The zero-order valence-electron chi connectivity index (χ0n) is 10.9. The summed E-state index contributed by atoms with van der Waals surface area (Å²) in [5.41, 5.74) is 8.42. The van der Waals surface area contributed by atoms with Crippen LogP contribution in [0.4, 0.5) is 5.69 Å². The summed E-state index contributed by atoms with van der Waals surface area (Å²) in [6, 6.07) is 6.81. The predicted molar refractivity (Wildman–Crippen MR) is 71.5 cm³/mol. The molecule has 0 aliphatic carbocycles. The molecule has 3 nitrogen and oxygen atoms in total. The molecule has 0 amide bonds. The summed E-state index contributed by atoms with van der Waals surface area (Å²) < 4.78 is 0. The van der Waals surface area contributed by atoms with Gasteiger partial charge in [0.05, 0.1) is 0 Å². The summed E-state index contributed by atoms with van der Waals surface area (Å²) in [4.78, 5) is 2.43. The van der Waals surface area contributed by atoms with Crippen LogP contribution in [0.25, 0.3) is 0 Å². The van der Waals surface area contributed by atoms with Gasteiger partial charge in [-0.3, -0.25) is 0 Å². The van der Waals surface area contributed by atoms with E-state index in [1.807, 2.05) is 12.1 Å². The molecule has 3 heteroatoms. The number of hydrogen-bond acceptors (Lipinski definition) is 3. The van der Waals surface area contributed by atoms with Gasteiger partial charge in [-0.1, -0.05) is 0 Å². The number of hydrogen-bond donors (Lipinski definition) is 2. The molecule has 0 bridgehead atoms. The van der Waals surface area contributed by atoms with E-state index in [0.717, 1.165) is 12.8 Å². The first-order valence-corrected chi connectivity index (χ1v) is 6.35. The van der Waals surface area contributed by atoms with Gasteiger partial charge in [-0.25, -0.2) is 0 Å². The third kappa shape index (κ3) is 2.39. The Kier molecular flexibility index (Phi) is 3.29. The van der Waals surface area contributed by atoms with Crippen LogP contribution >= 0.6 is 0 Å². The predicted octanol–water partition coefficient (Wildman–Crippen LogP) is 2.27. The number of anilines is 1. The van der Waals surface area contributed by atoms with Crippen LogP contribution in [-0.4, -0.2) is 23.2 Å². The van der Waals surface area contributed by atoms with E-state index in [-0.39, 0.29) is 6.04 Å². The lowest BCUT2D eigenvalue weighted by molar-refractivity contribution is 0.474. The Hall–Kier alpha value is -1.22. The van der Waals surface area contributed by atoms with Gasteiger partial charge >= 0.3 is 0 Å². The molecule has 17 heavy (non-hydrogen) atoms. The molecule has 1 heterocycles. The van der Waals surface area contributed by atoms with Crippen LogP contribution in [0.5, 0.6) is 5.75 Å². The number of phenols is 1. The molecule has 2 rings (SSSR count). The summed E-state index contributed by atoms with van der Waals surface area (Å²) in [5.74, 6) is 0.355. The number of aromatic hydroxyl groups is 1. The van der Waals surface area contributed by atoms with Gasteiger partial charge < -0.3 is 15.7 Å². The molecule has 0 radical (unpaired) electrons. The molecule has 2 atom stereocenters. The highest BCUT2D eigenvalue weighted by atomic mass is 16.3. The molecular formula is C14H22N2O. The van der Waals surface area contributed by atoms with Crippen molar-refractivity contribution in [3.05, 3.63) is 23.8 Å². The minimum atomic E-state index is 0.212. The molecule has 1 aliphatic heterocycles. The lowest BCUT2D eigenvalue weighted by Gasteiger charge is -2.32. The molecule has 0 aromatic heterocycles. The van der Waals surface area contributed by atoms with E-state index in [1.54, 1.807) is 6.07 Å². The van der Waals surface area contributed by atoms with E-state index in [0.29, 0.717) is 17.8 Å². The molecular weight excluding hydrogens is 212 g/mol. The Labute approximate surface area is 103 Å². The average Bonchev–Trinajstić information content (AvgIpc) is 2.53. The van der Waals surface area contributed by atoms with Gasteiger partial charge in [-0.2, -0.15) is 0 Å². The zero-order chi connectivity index (χ0) is 12.6. The maximum Gasteiger partial charge on any atom is 0.116 e. The molecule has 2 unspecified atom stereocenters. The van der Waals surface area contributed by atoms with Gasteiger partial charge in [0.25, 0.3) is 0 Å². The number of benzene rings is 1. The van der Waals surface area contributed by atoms with Crippen molar-refractivity contribution in [1.29, 1.82) is 0 Å². The van der Waals surface area contributed by atoms with Crippen LogP contribution in [0.2, 0.25) is 0 Å². The maximum atomic E-state index is 9.55. The standard InChI is InChI=1S/C14H22N2O/c1-9(2)16-12(6-10(3)15)7-11-8-13(17)4-5-14(11)16/h4-5,8-10,12,17H,6-7,15H2,1-3H3. The number of phenolic OH excluding ortho intramolecular Hbond substituents is 1. The Morgan fingerprint density at radius 2 is 2.12 bits per heavy atom. The third-order valence-corrected chi connectivity index (χ3v) is 3.39. The smallest absolute Gasteiger partial charge is 0.116 e. The largest absolute Gasteiger partial charge is 0.508 e. The van der Waals surface area contributed by atoms with E-state index >= 15 is 0 Å². The van der Waals surface area contributed by atoms with Crippen molar-refractivity contribution in [1.82, 2.24) is 0 Å². The second-order valence-corrected chi connectivity index (χ2v) is 5.38. The Morgan fingerprint density at radius 1 is 1.41 bits per heavy atom. The summed E-state index contributed by atoms with van der Waals surface area (Å²) in [6.45, 7) is 6.46. The van der Waals surface area contributed by atoms with Crippen molar-refractivity contribution in [2.75, 3.05) is 4.90 Å². The first kappa shape index (κ1) is 12.2. The van der Waals surface area contributed by atoms with Gasteiger partial charge in [0.1, 0.15) is 5.75 Å². The monoisotopic (exact) mass is 234 g/mol. The SMILES string of the molecule is CC(N)CC1Cc2cc(O)ccc2N1C(C)C. The molecule has 0 spiro atoms. The topological polar surface area (TPSA) is 49.5 Å². The Morgan fingerprint density at radius 3 is 2.71 bits per heavy atom. The molecule has 1 aliphatic rings. The fourth-order valence-corrected chi connectivity index (χ4v) is 2.86. The van der Waals surface area contributed by atoms with E-state index in [1.165, 1.54) is 11.3 Å². The van der Waals surface area contributed by atoms with Crippen LogP contribution in [-0.2, 0) is 6.42 Å². The molecule has 1 aromatic carbocycles. The Balaban J connectivity index is 2.30. The summed E-state index contributed by atoms with van der Waals surface area (Å²) in [6.07, 6.45) is 1.98.